The van der Waals surface area contributed by atoms with Crippen molar-refractivity contribution in [3.05, 3.63) is 45.7 Å². The van der Waals surface area contributed by atoms with Gasteiger partial charge in [0.1, 0.15) is 0 Å². The fourth-order valence-electron chi connectivity index (χ4n) is 1.36. The number of rotatable bonds is 3. The second-order valence-corrected chi connectivity index (χ2v) is 4.72. The maximum atomic E-state index is 5.91. The van der Waals surface area contributed by atoms with Crippen LogP contribution < -0.4 is 5.32 Å². The van der Waals surface area contributed by atoms with Gasteiger partial charge in [-0.15, -0.1) is 0 Å². The molecule has 0 bridgehead atoms. The summed E-state index contributed by atoms with van der Waals surface area (Å²) in [7, 11) is 1.91. The molecule has 0 amide bonds. The van der Waals surface area contributed by atoms with Crippen molar-refractivity contribution in [1.82, 2.24) is 9.78 Å². The van der Waals surface area contributed by atoms with Crippen LogP contribution in [0.2, 0.25) is 5.02 Å². The van der Waals surface area contributed by atoms with Crippen molar-refractivity contribution in [3.8, 4) is 0 Å². The Kier molecular flexibility index (Phi) is 3.51. The van der Waals surface area contributed by atoms with Crippen molar-refractivity contribution in [2.45, 2.75) is 6.54 Å². The van der Waals surface area contributed by atoms with Crippen molar-refractivity contribution >= 4 is 33.2 Å². The molecular weight excluding hydrogens is 289 g/mol. The lowest BCUT2D eigenvalue weighted by Crippen LogP contribution is -2.01. The van der Waals surface area contributed by atoms with Crippen LogP contribution in [0.5, 0.6) is 0 Å². The fourth-order valence-corrected chi connectivity index (χ4v) is 1.85. The van der Waals surface area contributed by atoms with E-state index in [1.165, 1.54) is 0 Å². The van der Waals surface area contributed by atoms with Gasteiger partial charge in [-0.1, -0.05) is 11.6 Å². The number of aryl methyl sites for hydroxylation is 1. The first-order chi connectivity index (χ1) is 7.65. The first kappa shape index (κ1) is 11.5. The number of hydrogen-bond acceptors (Lipinski definition) is 2. The highest BCUT2D eigenvalue weighted by molar-refractivity contribution is 9.10. The zero-order chi connectivity index (χ0) is 11.5. The molecule has 84 valence electrons. The highest BCUT2D eigenvalue weighted by Gasteiger charge is 2.00. The van der Waals surface area contributed by atoms with Crippen LogP contribution in [-0.2, 0) is 13.6 Å². The molecule has 0 atom stereocenters. The Balaban J connectivity index is 2.02. The van der Waals surface area contributed by atoms with Crippen LogP contribution in [0.15, 0.2) is 34.9 Å². The molecule has 0 spiro atoms. The van der Waals surface area contributed by atoms with Crippen molar-refractivity contribution in [2.24, 2.45) is 7.05 Å². The van der Waals surface area contributed by atoms with Gasteiger partial charge < -0.3 is 5.32 Å². The third kappa shape index (κ3) is 2.77. The molecule has 2 rings (SSSR count). The van der Waals surface area contributed by atoms with E-state index in [4.69, 9.17) is 11.6 Å². The molecule has 0 aliphatic heterocycles. The molecule has 0 fully saturated rings. The van der Waals surface area contributed by atoms with Gasteiger partial charge in [0.05, 0.1) is 17.3 Å². The van der Waals surface area contributed by atoms with Crippen LogP contribution in [0.3, 0.4) is 0 Å². The fraction of sp³-hybridized carbons (Fsp3) is 0.182. The summed E-state index contributed by atoms with van der Waals surface area (Å²) in [6.07, 6.45) is 1.93. The topological polar surface area (TPSA) is 29.9 Å². The lowest BCUT2D eigenvalue weighted by molar-refractivity contribution is 0.747. The van der Waals surface area contributed by atoms with Crippen molar-refractivity contribution in [1.29, 1.82) is 0 Å². The molecule has 1 N–H and O–H groups in total. The highest BCUT2D eigenvalue weighted by atomic mass is 79.9. The lowest BCUT2D eigenvalue weighted by Gasteiger charge is -2.05. The standard InChI is InChI=1S/C11H11BrClN3/c1-16-5-4-9(15-16)7-14-8-2-3-11(13)10(12)6-8/h2-6,14H,7H2,1H3. The summed E-state index contributed by atoms with van der Waals surface area (Å²) in [5, 5.41) is 8.27. The molecule has 0 aliphatic rings. The predicted molar refractivity (Wildman–Crippen MR) is 69.7 cm³/mol. The van der Waals surface area contributed by atoms with Gasteiger partial charge in [-0.25, -0.2) is 0 Å². The molecule has 5 heteroatoms. The van der Waals surface area contributed by atoms with Crippen molar-refractivity contribution in [2.75, 3.05) is 5.32 Å². The number of aromatic nitrogens is 2. The minimum atomic E-state index is 0.703. The summed E-state index contributed by atoms with van der Waals surface area (Å²) in [5.41, 5.74) is 2.02. The van der Waals surface area contributed by atoms with Crippen LogP contribution in [-0.4, -0.2) is 9.78 Å². The lowest BCUT2D eigenvalue weighted by atomic mass is 10.3. The van der Waals surface area contributed by atoms with E-state index < -0.39 is 0 Å². The third-order valence-electron chi connectivity index (χ3n) is 2.16. The highest BCUT2D eigenvalue weighted by Crippen LogP contribution is 2.25. The van der Waals surface area contributed by atoms with E-state index in [0.29, 0.717) is 11.6 Å². The van der Waals surface area contributed by atoms with E-state index in [2.05, 4.69) is 26.3 Å². The number of nitrogens with zero attached hydrogens (tertiary/aromatic N) is 2. The Morgan fingerprint density at radius 2 is 2.25 bits per heavy atom. The van der Waals surface area contributed by atoms with Gasteiger partial charge in [-0.3, -0.25) is 4.68 Å². The molecule has 0 radical (unpaired) electrons. The summed E-state index contributed by atoms with van der Waals surface area (Å²) < 4.78 is 2.68. The molecule has 3 nitrogen and oxygen atoms in total. The Morgan fingerprint density at radius 3 is 2.88 bits per heavy atom. The normalized spacial score (nSPS) is 10.4. The number of benzene rings is 1. The Hall–Kier alpha value is -1.00. The first-order valence-corrected chi connectivity index (χ1v) is 6.00. The Morgan fingerprint density at radius 1 is 1.44 bits per heavy atom. The minimum absolute atomic E-state index is 0.703. The van der Waals surface area contributed by atoms with Gasteiger partial charge in [0.15, 0.2) is 0 Å². The number of halogens is 2. The van der Waals surface area contributed by atoms with Crippen LogP contribution in [0.25, 0.3) is 0 Å². The van der Waals surface area contributed by atoms with E-state index in [1.54, 1.807) is 4.68 Å². The summed E-state index contributed by atoms with van der Waals surface area (Å²) in [6, 6.07) is 7.73. The maximum Gasteiger partial charge on any atom is 0.0815 e. The average Bonchev–Trinajstić information content (AvgIpc) is 2.66. The van der Waals surface area contributed by atoms with Crippen molar-refractivity contribution in [3.63, 3.8) is 0 Å². The summed E-state index contributed by atoms with van der Waals surface area (Å²) >= 11 is 9.30. The largest absolute Gasteiger partial charge is 0.379 e. The van der Waals surface area contributed by atoms with Crippen LogP contribution in [0.1, 0.15) is 5.69 Å². The van der Waals surface area contributed by atoms with Gasteiger partial charge in [-0.2, -0.15) is 5.10 Å². The zero-order valence-corrected chi connectivity index (χ0v) is 11.1. The predicted octanol–water partition coefficient (Wildman–Crippen LogP) is 3.45. The van der Waals surface area contributed by atoms with Gasteiger partial charge in [0, 0.05) is 23.4 Å². The number of anilines is 1. The third-order valence-corrected chi connectivity index (χ3v) is 3.38. The molecule has 1 aromatic carbocycles. The van der Waals surface area contributed by atoms with Crippen molar-refractivity contribution < 1.29 is 0 Å². The zero-order valence-electron chi connectivity index (χ0n) is 8.74. The molecule has 16 heavy (non-hydrogen) atoms. The molecule has 1 heterocycles. The van der Waals surface area contributed by atoms with E-state index in [-0.39, 0.29) is 0 Å². The van der Waals surface area contributed by atoms with Crippen LogP contribution >= 0.6 is 27.5 Å². The second kappa shape index (κ2) is 4.89. The number of nitrogens with one attached hydrogen (secondary N) is 1. The van der Waals surface area contributed by atoms with Gasteiger partial charge in [0.2, 0.25) is 0 Å². The Labute approximate surface area is 108 Å². The summed E-state index contributed by atoms with van der Waals surface area (Å²) in [5.74, 6) is 0. The minimum Gasteiger partial charge on any atom is -0.379 e. The molecule has 0 saturated carbocycles. The summed E-state index contributed by atoms with van der Waals surface area (Å²) in [6.45, 7) is 0.703. The monoisotopic (exact) mass is 299 g/mol. The van der Waals surface area contributed by atoms with Gasteiger partial charge in [0.25, 0.3) is 0 Å². The van der Waals surface area contributed by atoms with E-state index in [0.717, 1.165) is 15.9 Å². The number of hydrogen-bond donors (Lipinski definition) is 1. The van der Waals surface area contributed by atoms with E-state index in [1.807, 2.05) is 37.5 Å². The molecule has 2 aromatic rings. The SMILES string of the molecule is Cn1ccc(CNc2ccc(Cl)c(Br)c2)n1. The first-order valence-electron chi connectivity index (χ1n) is 4.82. The smallest absolute Gasteiger partial charge is 0.0815 e. The maximum absolute atomic E-state index is 5.91. The average molecular weight is 301 g/mol. The van der Waals surface area contributed by atoms with Gasteiger partial charge in [-0.05, 0) is 40.2 Å². The molecular formula is C11H11BrClN3. The Bertz CT molecular complexity index is 496. The molecule has 0 unspecified atom stereocenters. The van der Waals surface area contributed by atoms with Crippen LogP contribution in [0.4, 0.5) is 5.69 Å². The van der Waals surface area contributed by atoms with E-state index in [9.17, 15) is 0 Å². The molecule has 0 saturated heterocycles. The molecule has 1 aromatic heterocycles. The molecule has 0 aliphatic carbocycles. The van der Waals surface area contributed by atoms with Crippen LogP contribution in [0, 0.1) is 0 Å². The van der Waals surface area contributed by atoms with E-state index >= 15 is 0 Å². The second-order valence-electron chi connectivity index (χ2n) is 3.46. The quantitative estimate of drug-likeness (QED) is 0.941. The van der Waals surface area contributed by atoms with Gasteiger partial charge >= 0.3 is 0 Å². The summed E-state index contributed by atoms with van der Waals surface area (Å²) in [4.78, 5) is 0.